The van der Waals surface area contributed by atoms with Crippen LogP contribution in [0.5, 0.6) is 5.06 Å². The number of anilines is 2. The largest absolute Gasteiger partial charge is 0.413 e. The SMILES string of the molecule is O=C(NC1CC(=O)N(c2ccc(N3CCCNCC3)c(Cl)c2)C1)Oc1ccc(Br)s1. The van der Waals surface area contributed by atoms with Crippen LogP contribution >= 0.6 is 38.9 Å². The van der Waals surface area contributed by atoms with E-state index in [-0.39, 0.29) is 18.4 Å². The number of rotatable bonds is 4. The summed E-state index contributed by atoms with van der Waals surface area (Å²) in [6.07, 6.45) is 0.724. The molecule has 1 unspecified atom stereocenters. The Morgan fingerprint density at radius 2 is 2.13 bits per heavy atom. The topological polar surface area (TPSA) is 73.9 Å². The van der Waals surface area contributed by atoms with E-state index in [1.807, 2.05) is 24.3 Å². The van der Waals surface area contributed by atoms with Crippen LogP contribution in [0, 0.1) is 0 Å². The molecule has 2 aliphatic rings. The minimum Gasteiger partial charge on any atom is -0.399 e. The third-order valence-corrected chi connectivity index (χ3v) is 6.92. The predicted molar refractivity (Wildman–Crippen MR) is 123 cm³/mol. The highest BCUT2D eigenvalue weighted by Gasteiger charge is 2.32. The van der Waals surface area contributed by atoms with Gasteiger partial charge >= 0.3 is 6.09 Å². The van der Waals surface area contributed by atoms with E-state index < -0.39 is 6.09 Å². The second-order valence-corrected chi connectivity index (χ2v) is 10.1. The van der Waals surface area contributed by atoms with E-state index in [0.717, 1.165) is 47.8 Å². The monoisotopic (exact) mass is 512 g/mol. The van der Waals surface area contributed by atoms with Gasteiger partial charge in [0.05, 0.1) is 20.5 Å². The number of ether oxygens (including phenoxy) is 1. The third-order valence-electron chi connectivity index (χ3n) is 5.11. The number of carbonyl (C=O) groups is 2. The fourth-order valence-electron chi connectivity index (χ4n) is 3.70. The molecule has 30 heavy (non-hydrogen) atoms. The summed E-state index contributed by atoms with van der Waals surface area (Å²) in [6, 6.07) is 8.93. The molecule has 1 aromatic heterocycles. The summed E-state index contributed by atoms with van der Waals surface area (Å²) >= 11 is 11.2. The zero-order chi connectivity index (χ0) is 21.1. The highest BCUT2D eigenvalue weighted by molar-refractivity contribution is 9.11. The number of carbonyl (C=O) groups excluding carboxylic acids is 2. The fraction of sp³-hybridized carbons (Fsp3) is 0.400. The number of amides is 2. The molecule has 2 amide bonds. The Morgan fingerprint density at radius 3 is 2.90 bits per heavy atom. The van der Waals surface area contributed by atoms with Crippen molar-refractivity contribution < 1.29 is 14.3 Å². The van der Waals surface area contributed by atoms with Gasteiger partial charge in [-0.2, -0.15) is 0 Å². The summed E-state index contributed by atoms with van der Waals surface area (Å²) in [5.41, 5.74) is 1.72. The Morgan fingerprint density at radius 1 is 1.27 bits per heavy atom. The quantitative estimate of drug-likeness (QED) is 0.650. The minimum absolute atomic E-state index is 0.0537. The summed E-state index contributed by atoms with van der Waals surface area (Å²) in [7, 11) is 0. The Kier molecular flexibility index (Phi) is 6.82. The first-order valence-corrected chi connectivity index (χ1v) is 11.8. The molecule has 1 aromatic carbocycles. The molecule has 0 saturated carbocycles. The van der Waals surface area contributed by atoms with Gasteiger partial charge in [-0.1, -0.05) is 22.9 Å². The molecule has 2 aromatic rings. The first-order valence-electron chi connectivity index (χ1n) is 9.79. The normalized spacial score (nSPS) is 19.7. The van der Waals surface area contributed by atoms with Crippen molar-refractivity contribution in [2.24, 2.45) is 0 Å². The summed E-state index contributed by atoms with van der Waals surface area (Å²) in [6.45, 7) is 4.16. The number of thiophene rings is 1. The van der Waals surface area contributed by atoms with Crippen molar-refractivity contribution in [1.29, 1.82) is 0 Å². The Labute approximate surface area is 192 Å². The van der Waals surface area contributed by atoms with E-state index in [0.29, 0.717) is 16.6 Å². The summed E-state index contributed by atoms with van der Waals surface area (Å²) in [4.78, 5) is 28.6. The molecular weight excluding hydrogens is 492 g/mol. The van der Waals surface area contributed by atoms with Crippen LogP contribution in [0.2, 0.25) is 5.02 Å². The van der Waals surface area contributed by atoms with Gasteiger partial charge < -0.3 is 25.2 Å². The van der Waals surface area contributed by atoms with Crippen molar-refractivity contribution >= 4 is 62.2 Å². The van der Waals surface area contributed by atoms with Crippen molar-refractivity contribution in [2.75, 3.05) is 42.5 Å². The Balaban J connectivity index is 1.38. The molecule has 7 nitrogen and oxygen atoms in total. The molecule has 0 radical (unpaired) electrons. The molecule has 2 aliphatic heterocycles. The van der Waals surface area contributed by atoms with Crippen LogP contribution in [-0.4, -0.2) is 50.8 Å². The number of nitrogens with zero attached hydrogens (tertiary/aromatic N) is 2. The fourth-order valence-corrected chi connectivity index (χ4v) is 5.19. The lowest BCUT2D eigenvalue weighted by Gasteiger charge is -2.25. The molecule has 2 fully saturated rings. The van der Waals surface area contributed by atoms with Gasteiger partial charge in [0.1, 0.15) is 0 Å². The molecular formula is C20H22BrClN4O3S. The third kappa shape index (κ3) is 5.08. The summed E-state index contributed by atoms with van der Waals surface area (Å²) in [5.74, 6) is -0.0537. The second-order valence-electron chi connectivity index (χ2n) is 7.22. The predicted octanol–water partition coefficient (Wildman–Crippen LogP) is 3.86. The highest BCUT2D eigenvalue weighted by atomic mass is 79.9. The van der Waals surface area contributed by atoms with E-state index >= 15 is 0 Å². The summed E-state index contributed by atoms with van der Waals surface area (Å²) in [5, 5.41) is 7.27. The lowest BCUT2D eigenvalue weighted by Crippen LogP contribution is -2.38. The highest BCUT2D eigenvalue weighted by Crippen LogP contribution is 2.33. The number of halogens is 2. The van der Waals surface area contributed by atoms with E-state index in [9.17, 15) is 9.59 Å². The minimum atomic E-state index is -0.563. The maximum absolute atomic E-state index is 12.5. The van der Waals surface area contributed by atoms with Crippen LogP contribution < -0.4 is 25.2 Å². The van der Waals surface area contributed by atoms with E-state index in [2.05, 4.69) is 31.5 Å². The van der Waals surface area contributed by atoms with Crippen molar-refractivity contribution in [2.45, 2.75) is 18.9 Å². The average molecular weight is 514 g/mol. The number of nitrogens with one attached hydrogen (secondary N) is 2. The second kappa shape index (κ2) is 9.55. The molecule has 0 spiro atoms. The number of hydrogen-bond acceptors (Lipinski definition) is 6. The zero-order valence-electron chi connectivity index (χ0n) is 16.2. The van der Waals surface area contributed by atoms with Crippen LogP contribution in [0.3, 0.4) is 0 Å². The molecule has 10 heteroatoms. The van der Waals surface area contributed by atoms with E-state index in [1.165, 1.54) is 11.3 Å². The van der Waals surface area contributed by atoms with Crippen molar-refractivity contribution in [3.8, 4) is 5.06 Å². The lowest BCUT2D eigenvalue weighted by atomic mass is 10.2. The molecule has 0 aliphatic carbocycles. The first kappa shape index (κ1) is 21.4. The van der Waals surface area contributed by atoms with Crippen LogP contribution in [0.15, 0.2) is 34.1 Å². The smallest absolute Gasteiger partial charge is 0.399 e. The maximum Gasteiger partial charge on any atom is 0.413 e. The Hall–Kier alpha value is -1.81. The van der Waals surface area contributed by atoms with Gasteiger partial charge in [-0.05, 0) is 59.2 Å². The van der Waals surface area contributed by atoms with Crippen LogP contribution in [0.1, 0.15) is 12.8 Å². The van der Waals surface area contributed by atoms with Crippen molar-refractivity contribution in [1.82, 2.24) is 10.6 Å². The van der Waals surface area contributed by atoms with E-state index in [4.69, 9.17) is 16.3 Å². The molecule has 2 saturated heterocycles. The zero-order valence-corrected chi connectivity index (χ0v) is 19.4. The van der Waals surface area contributed by atoms with Crippen molar-refractivity contribution in [3.63, 3.8) is 0 Å². The van der Waals surface area contributed by atoms with Crippen LogP contribution in [0.25, 0.3) is 0 Å². The van der Waals surface area contributed by atoms with E-state index in [1.54, 1.807) is 11.0 Å². The molecule has 0 bridgehead atoms. The van der Waals surface area contributed by atoms with Crippen LogP contribution in [0.4, 0.5) is 16.2 Å². The molecule has 1 atom stereocenters. The van der Waals surface area contributed by atoms with Gasteiger partial charge in [0.2, 0.25) is 5.91 Å². The van der Waals surface area contributed by atoms with Crippen LogP contribution in [-0.2, 0) is 4.79 Å². The summed E-state index contributed by atoms with van der Waals surface area (Å²) < 4.78 is 6.14. The molecule has 160 valence electrons. The number of hydrogen-bond donors (Lipinski definition) is 2. The van der Waals surface area contributed by atoms with Gasteiger partial charge in [0, 0.05) is 38.3 Å². The standard InChI is InChI=1S/C20H22BrClN4O3S/c21-17-4-5-19(30-17)29-20(28)24-13-10-18(27)26(12-13)14-2-3-16(15(22)11-14)25-8-1-6-23-7-9-25/h2-5,11,13,23H,1,6-10,12H2,(H,24,28). The van der Waals surface area contributed by atoms with Gasteiger partial charge in [0.15, 0.2) is 5.06 Å². The number of benzene rings is 1. The molecule has 4 rings (SSSR count). The van der Waals surface area contributed by atoms with Gasteiger partial charge in [-0.25, -0.2) is 4.79 Å². The molecule has 2 N–H and O–H groups in total. The first-order chi connectivity index (χ1) is 14.5. The van der Waals surface area contributed by atoms with Gasteiger partial charge in [-0.15, -0.1) is 0 Å². The van der Waals surface area contributed by atoms with Gasteiger partial charge in [-0.3, -0.25) is 4.79 Å². The van der Waals surface area contributed by atoms with Gasteiger partial charge in [0.25, 0.3) is 0 Å². The molecule has 3 heterocycles. The average Bonchev–Trinajstić information content (AvgIpc) is 3.15. The van der Waals surface area contributed by atoms with Crippen molar-refractivity contribution in [3.05, 3.63) is 39.1 Å². The lowest BCUT2D eigenvalue weighted by molar-refractivity contribution is -0.117. The Bertz CT molecular complexity index is 933. The maximum atomic E-state index is 12.5.